The molecular formula is C24H26N6O2S. The van der Waals surface area contributed by atoms with Gasteiger partial charge in [-0.2, -0.15) is 0 Å². The van der Waals surface area contributed by atoms with Crippen molar-refractivity contribution in [3.05, 3.63) is 70.4 Å². The first kappa shape index (κ1) is 21.6. The molecule has 8 nitrogen and oxygen atoms in total. The first-order valence-corrected chi connectivity index (χ1v) is 11.8. The third kappa shape index (κ3) is 5.39. The predicted octanol–water partition coefficient (Wildman–Crippen LogP) is 3.60. The maximum atomic E-state index is 12.7. The van der Waals surface area contributed by atoms with Gasteiger partial charge in [0.25, 0.3) is 5.91 Å². The maximum absolute atomic E-state index is 12.7. The summed E-state index contributed by atoms with van der Waals surface area (Å²) >= 11 is 1.41. The van der Waals surface area contributed by atoms with Crippen LogP contribution in [-0.4, -0.2) is 63.9 Å². The Kier molecular flexibility index (Phi) is 6.34. The van der Waals surface area contributed by atoms with Crippen molar-refractivity contribution in [1.29, 1.82) is 0 Å². The Labute approximate surface area is 196 Å². The number of nitrogens with one attached hydrogen (secondary N) is 2. The molecule has 0 atom stereocenters. The molecule has 33 heavy (non-hydrogen) atoms. The maximum Gasteiger partial charge on any atom is 0.275 e. The van der Waals surface area contributed by atoms with E-state index in [1.165, 1.54) is 11.3 Å². The van der Waals surface area contributed by atoms with E-state index in [-0.39, 0.29) is 5.91 Å². The van der Waals surface area contributed by atoms with Crippen LogP contribution in [-0.2, 0) is 13.2 Å². The van der Waals surface area contributed by atoms with Gasteiger partial charge < -0.3 is 19.9 Å². The summed E-state index contributed by atoms with van der Waals surface area (Å²) in [6, 6.07) is 15.3. The zero-order valence-electron chi connectivity index (χ0n) is 18.5. The number of piperazine rings is 1. The molecule has 1 saturated heterocycles. The number of likely N-dealkylation sites (N-methyl/N-ethyl adjacent to an activating group) is 1. The van der Waals surface area contributed by atoms with Gasteiger partial charge >= 0.3 is 0 Å². The normalized spacial score (nSPS) is 15.1. The van der Waals surface area contributed by atoms with Gasteiger partial charge in [-0.1, -0.05) is 18.2 Å². The molecule has 0 saturated carbocycles. The number of carbonyl (C=O) groups excluding carboxylic acids is 1. The summed E-state index contributed by atoms with van der Waals surface area (Å²) < 4.78 is 5.71. The average Bonchev–Trinajstić information content (AvgIpc) is 3.46. The number of thiazole rings is 1. The minimum absolute atomic E-state index is 0.242. The summed E-state index contributed by atoms with van der Waals surface area (Å²) in [5.41, 5.74) is 2.89. The van der Waals surface area contributed by atoms with Crippen LogP contribution in [0.5, 0.6) is 5.75 Å². The van der Waals surface area contributed by atoms with Gasteiger partial charge in [-0.25, -0.2) is 9.97 Å². The number of ether oxygens (including phenoxy) is 1. The number of aromatic amines is 1. The smallest absolute Gasteiger partial charge is 0.275 e. The molecule has 170 valence electrons. The van der Waals surface area contributed by atoms with E-state index in [1.54, 1.807) is 5.38 Å². The van der Waals surface area contributed by atoms with Crippen LogP contribution in [0.2, 0.25) is 0 Å². The lowest BCUT2D eigenvalue weighted by Gasteiger charge is -2.31. The van der Waals surface area contributed by atoms with E-state index < -0.39 is 0 Å². The van der Waals surface area contributed by atoms with E-state index in [1.807, 2.05) is 48.5 Å². The third-order valence-corrected chi connectivity index (χ3v) is 6.47. The monoisotopic (exact) mass is 462 g/mol. The number of anilines is 1. The summed E-state index contributed by atoms with van der Waals surface area (Å²) in [5, 5.41) is 5.44. The van der Waals surface area contributed by atoms with Crippen molar-refractivity contribution in [1.82, 2.24) is 24.8 Å². The first-order valence-electron chi connectivity index (χ1n) is 11.0. The standard InChI is InChI=1S/C24H26N6O2S/c1-29-9-11-30(12-10-29)14-22-26-19-8-7-17(13-20(19)27-22)25-24(31)21-16-33-23(28-21)15-32-18-5-3-2-4-6-18/h2-8,13,16H,9-12,14-15H2,1H3,(H,25,31)(H,26,27). The molecule has 5 rings (SSSR count). The molecule has 1 aliphatic rings. The number of amides is 1. The van der Waals surface area contributed by atoms with Gasteiger partial charge in [0.1, 0.15) is 28.9 Å². The zero-order valence-corrected chi connectivity index (χ0v) is 19.3. The molecule has 2 aromatic heterocycles. The highest BCUT2D eigenvalue weighted by Crippen LogP contribution is 2.20. The third-order valence-electron chi connectivity index (χ3n) is 5.65. The van der Waals surface area contributed by atoms with Gasteiger partial charge in [0.2, 0.25) is 0 Å². The van der Waals surface area contributed by atoms with Crippen LogP contribution in [0, 0.1) is 0 Å². The zero-order chi connectivity index (χ0) is 22.6. The largest absolute Gasteiger partial charge is 0.486 e. The lowest BCUT2D eigenvalue weighted by Crippen LogP contribution is -2.44. The van der Waals surface area contributed by atoms with Gasteiger partial charge in [0, 0.05) is 37.2 Å². The van der Waals surface area contributed by atoms with Crippen LogP contribution in [0.1, 0.15) is 21.3 Å². The first-order chi connectivity index (χ1) is 16.1. The summed E-state index contributed by atoms with van der Waals surface area (Å²) in [5.74, 6) is 1.48. The van der Waals surface area contributed by atoms with E-state index in [9.17, 15) is 4.79 Å². The number of H-pyrrole nitrogens is 1. The van der Waals surface area contributed by atoms with E-state index in [4.69, 9.17) is 9.72 Å². The molecule has 0 radical (unpaired) electrons. The Balaban J connectivity index is 1.20. The SMILES string of the molecule is CN1CCN(Cc2nc3ccc(NC(=O)c4csc(COc5ccccc5)n4)cc3[nH]2)CC1. The molecule has 2 N–H and O–H groups in total. The van der Waals surface area contributed by atoms with Gasteiger partial charge in [-0.15, -0.1) is 11.3 Å². The van der Waals surface area contributed by atoms with Crippen LogP contribution >= 0.6 is 11.3 Å². The van der Waals surface area contributed by atoms with Gasteiger partial charge in [-0.3, -0.25) is 9.69 Å². The van der Waals surface area contributed by atoms with Crippen LogP contribution in [0.25, 0.3) is 11.0 Å². The molecule has 1 aliphatic heterocycles. The second kappa shape index (κ2) is 9.70. The number of para-hydroxylation sites is 1. The van der Waals surface area contributed by atoms with E-state index in [2.05, 4.69) is 32.1 Å². The minimum atomic E-state index is -0.242. The number of hydrogen-bond donors (Lipinski definition) is 2. The number of benzene rings is 2. The van der Waals surface area contributed by atoms with E-state index in [0.29, 0.717) is 18.0 Å². The highest BCUT2D eigenvalue weighted by Gasteiger charge is 2.16. The second-order valence-corrected chi connectivity index (χ2v) is 9.12. The van der Waals surface area contributed by atoms with Crippen molar-refractivity contribution >= 4 is 34.0 Å². The Bertz CT molecular complexity index is 1230. The quantitative estimate of drug-likeness (QED) is 0.437. The lowest BCUT2D eigenvalue weighted by molar-refractivity contribution is 0.102. The van der Waals surface area contributed by atoms with E-state index >= 15 is 0 Å². The highest BCUT2D eigenvalue weighted by atomic mass is 32.1. The summed E-state index contributed by atoms with van der Waals surface area (Å²) in [7, 11) is 2.15. The molecular weight excluding hydrogens is 436 g/mol. The van der Waals surface area contributed by atoms with Gasteiger partial charge in [0.15, 0.2) is 0 Å². The van der Waals surface area contributed by atoms with Crippen LogP contribution in [0.15, 0.2) is 53.9 Å². The molecule has 4 aromatic rings. The van der Waals surface area contributed by atoms with Crippen LogP contribution in [0.4, 0.5) is 5.69 Å². The number of hydrogen-bond acceptors (Lipinski definition) is 7. The number of nitrogens with zero attached hydrogens (tertiary/aromatic N) is 4. The fourth-order valence-electron chi connectivity index (χ4n) is 3.77. The molecule has 0 unspecified atom stereocenters. The predicted molar refractivity (Wildman–Crippen MR) is 130 cm³/mol. The second-order valence-electron chi connectivity index (χ2n) is 8.18. The fraction of sp³-hybridized carbons (Fsp3) is 0.292. The summed E-state index contributed by atoms with van der Waals surface area (Å²) in [6.45, 7) is 5.37. The lowest BCUT2D eigenvalue weighted by atomic mass is 10.2. The van der Waals surface area contributed by atoms with Crippen LogP contribution in [0.3, 0.4) is 0 Å². The van der Waals surface area contributed by atoms with Gasteiger partial charge in [0.05, 0.1) is 17.6 Å². The molecule has 0 bridgehead atoms. The Hall–Kier alpha value is -3.27. The summed E-state index contributed by atoms with van der Waals surface area (Å²) in [6.07, 6.45) is 0. The molecule has 2 aromatic carbocycles. The number of rotatable bonds is 7. The number of carbonyl (C=O) groups is 1. The molecule has 1 fully saturated rings. The Morgan fingerprint density at radius 1 is 1.12 bits per heavy atom. The van der Waals surface area contributed by atoms with Crippen molar-refractivity contribution in [3.8, 4) is 5.75 Å². The van der Waals surface area contributed by atoms with Gasteiger partial charge in [-0.05, 0) is 37.4 Å². The van der Waals surface area contributed by atoms with Crippen molar-refractivity contribution in [2.75, 3.05) is 38.5 Å². The van der Waals surface area contributed by atoms with Crippen molar-refractivity contribution in [3.63, 3.8) is 0 Å². The molecule has 9 heteroatoms. The van der Waals surface area contributed by atoms with Crippen LogP contribution < -0.4 is 10.1 Å². The minimum Gasteiger partial charge on any atom is -0.486 e. The Morgan fingerprint density at radius 2 is 1.94 bits per heavy atom. The average molecular weight is 463 g/mol. The fourth-order valence-corrected chi connectivity index (χ4v) is 4.46. The number of imidazole rings is 1. The van der Waals surface area contributed by atoms with Crippen molar-refractivity contribution in [2.24, 2.45) is 0 Å². The number of aromatic nitrogens is 3. The Morgan fingerprint density at radius 3 is 2.76 bits per heavy atom. The molecule has 1 amide bonds. The topological polar surface area (TPSA) is 86.4 Å². The van der Waals surface area contributed by atoms with Crippen molar-refractivity contribution in [2.45, 2.75) is 13.2 Å². The van der Waals surface area contributed by atoms with E-state index in [0.717, 1.165) is 60.3 Å². The molecule has 0 spiro atoms. The molecule has 3 heterocycles. The van der Waals surface area contributed by atoms with Crippen molar-refractivity contribution < 1.29 is 9.53 Å². The summed E-state index contributed by atoms with van der Waals surface area (Å²) in [4.78, 5) is 29.9. The highest BCUT2D eigenvalue weighted by molar-refractivity contribution is 7.09. The molecule has 0 aliphatic carbocycles. The number of fused-ring (bicyclic) bond motifs is 1.